The van der Waals surface area contributed by atoms with Gasteiger partial charge in [0.05, 0.1) is 17.8 Å². The number of hydrogen-bond donors (Lipinski definition) is 1. The number of benzene rings is 1. The van der Waals surface area contributed by atoms with Crippen molar-refractivity contribution in [2.75, 3.05) is 0 Å². The second-order valence-corrected chi connectivity index (χ2v) is 5.37. The van der Waals surface area contributed by atoms with Crippen LogP contribution in [0.2, 0.25) is 0 Å². The zero-order chi connectivity index (χ0) is 17.9. The molecule has 3 aromatic rings. The second-order valence-electron chi connectivity index (χ2n) is 5.37. The number of nitrogens with zero attached hydrogens (tertiary/aromatic N) is 2. The van der Waals surface area contributed by atoms with E-state index in [9.17, 15) is 18.0 Å². The average Bonchev–Trinajstić information content (AvgIpc) is 3.00. The fourth-order valence-electron chi connectivity index (χ4n) is 2.30. The minimum Gasteiger partial charge on any atom is -0.347 e. The Morgan fingerprint density at radius 2 is 2.04 bits per heavy atom. The fraction of sp³-hybridized carbons (Fsp3) is 0.111. The summed E-state index contributed by atoms with van der Waals surface area (Å²) in [5.41, 5.74) is 1.01. The number of nitrogens with one attached hydrogen (secondary N) is 1. The van der Waals surface area contributed by atoms with Crippen LogP contribution in [-0.2, 0) is 17.5 Å². The van der Waals surface area contributed by atoms with Gasteiger partial charge in [0.2, 0.25) is 5.91 Å². The lowest BCUT2D eigenvalue weighted by atomic mass is 10.1. The molecule has 0 aliphatic carbocycles. The van der Waals surface area contributed by atoms with Crippen LogP contribution in [0.15, 0.2) is 60.9 Å². The van der Waals surface area contributed by atoms with E-state index in [1.54, 1.807) is 6.20 Å². The monoisotopic (exact) mass is 345 g/mol. The van der Waals surface area contributed by atoms with E-state index in [0.29, 0.717) is 11.3 Å². The van der Waals surface area contributed by atoms with Crippen LogP contribution in [0.3, 0.4) is 0 Å². The molecule has 0 saturated heterocycles. The van der Waals surface area contributed by atoms with E-state index in [1.807, 2.05) is 28.8 Å². The number of carbonyl (C=O) groups is 1. The van der Waals surface area contributed by atoms with Crippen LogP contribution in [0, 0.1) is 0 Å². The second kappa shape index (κ2) is 6.80. The third-order valence-corrected chi connectivity index (χ3v) is 3.50. The summed E-state index contributed by atoms with van der Waals surface area (Å²) in [5.74, 6) is -0.408. The fourth-order valence-corrected chi connectivity index (χ4v) is 2.30. The lowest BCUT2D eigenvalue weighted by Crippen LogP contribution is -2.20. The standard InChI is InChI=1S/C18H14F3N3O/c19-18(20,21)14-5-3-4-13(10-14)7-8-17(25)22-11-15-12-24-9-2-1-6-16(24)23-15/h1-10,12H,11H2,(H,22,25). The summed E-state index contributed by atoms with van der Waals surface area (Å²) in [4.78, 5) is 16.2. The van der Waals surface area contributed by atoms with Crippen LogP contribution >= 0.6 is 0 Å². The molecule has 2 aromatic heterocycles. The molecule has 1 aromatic carbocycles. The number of halogens is 3. The van der Waals surface area contributed by atoms with Crippen molar-refractivity contribution in [1.29, 1.82) is 0 Å². The van der Waals surface area contributed by atoms with Gasteiger partial charge in [-0.3, -0.25) is 4.79 Å². The van der Waals surface area contributed by atoms with Crippen LogP contribution in [0.25, 0.3) is 11.7 Å². The summed E-state index contributed by atoms with van der Waals surface area (Å²) in [5, 5.41) is 2.65. The highest BCUT2D eigenvalue weighted by Crippen LogP contribution is 2.29. The molecule has 0 fully saturated rings. The molecular weight excluding hydrogens is 331 g/mol. The molecule has 4 nitrogen and oxygen atoms in total. The van der Waals surface area contributed by atoms with E-state index in [1.165, 1.54) is 24.3 Å². The maximum Gasteiger partial charge on any atom is 0.416 e. The summed E-state index contributed by atoms with van der Waals surface area (Å²) in [6.45, 7) is 0.230. The number of hydrogen-bond acceptors (Lipinski definition) is 2. The predicted octanol–water partition coefficient (Wildman–Crippen LogP) is 3.68. The zero-order valence-corrected chi connectivity index (χ0v) is 13.0. The Hall–Kier alpha value is -3.09. The predicted molar refractivity (Wildman–Crippen MR) is 87.5 cm³/mol. The Morgan fingerprint density at radius 1 is 1.20 bits per heavy atom. The van der Waals surface area contributed by atoms with Crippen molar-refractivity contribution in [3.63, 3.8) is 0 Å². The quantitative estimate of drug-likeness (QED) is 0.733. The summed E-state index contributed by atoms with van der Waals surface area (Å²) in [6.07, 6.45) is 1.78. The number of alkyl halides is 3. The summed E-state index contributed by atoms with van der Waals surface area (Å²) in [6, 6.07) is 10.4. The Bertz CT molecular complexity index is 895. The van der Waals surface area contributed by atoms with Gasteiger partial charge in [0, 0.05) is 18.5 Å². The molecule has 0 aliphatic rings. The molecule has 0 bridgehead atoms. The SMILES string of the molecule is O=C(C=Cc1cccc(C(F)(F)F)c1)NCc1cn2ccccc2n1. The first-order valence-electron chi connectivity index (χ1n) is 7.47. The van der Waals surface area contributed by atoms with Crippen molar-refractivity contribution >= 4 is 17.6 Å². The molecule has 3 rings (SSSR count). The summed E-state index contributed by atoms with van der Waals surface area (Å²) in [7, 11) is 0. The van der Waals surface area contributed by atoms with Crippen molar-refractivity contribution in [3.8, 4) is 0 Å². The molecule has 0 saturated carbocycles. The number of amides is 1. The van der Waals surface area contributed by atoms with Crippen LogP contribution in [0.5, 0.6) is 0 Å². The molecular formula is C18H14F3N3O. The molecule has 128 valence electrons. The third-order valence-electron chi connectivity index (χ3n) is 3.50. The zero-order valence-electron chi connectivity index (χ0n) is 13.0. The van der Waals surface area contributed by atoms with Crippen LogP contribution < -0.4 is 5.32 Å². The first-order valence-corrected chi connectivity index (χ1v) is 7.47. The topological polar surface area (TPSA) is 46.4 Å². The van der Waals surface area contributed by atoms with Crippen molar-refractivity contribution in [1.82, 2.24) is 14.7 Å². The maximum atomic E-state index is 12.7. The molecule has 0 radical (unpaired) electrons. The van der Waals surface area contributed by atoms with E-state index in [4.69, 9.17) is 0 Å². The van der Waals surface area contributed by atoms with Gasteiger partial charge in [0.15, 0.2) is 0 Å². The molecule has 2 heterocycles. The lowest BCUT2D eigenvalue weighted by molar-refractivity contribution is -0.137. The third kappa shape index (κ3) is 4.26. The number of carbonyl (C=O) groups excluding carboxylic acids is 1. The van der Waals surface area contributed by atoms with Crippen molar-refractivity contribution in [2.45, 2.75) is 12.7 Å². The molecule has 0 unspecified atom stereocenters. The molecule has 0 atom stereocenters. The first kappa shape index (κ1) is 16.8. The number of aromatic nitrogens is 2. The van der Waals surface area contributed by atoms with Gasteiger partial charge in [-0.25, -0.2) is 4.98 Å². The Kier molecular flexibility index (Phi) is 4.56. The van der Waals surface area contributed by atoms with Gasteiger partial charge in [-0.2, -0.15) is 13.2 Å². The van der Waals surface area contributed by atoms with Crippen LogP contribution in [0.4, 0.5) is 13.2 Å². The molecule has 0 spiro atoms. The average molecular weight is 345 g/mol. The van der Waals surface area contributed by atoms with Gasteiger partial charge in [-0.05, 0) is 35.9 Å². The molecule has 7 heteroatoms. The van der Waals surface area contributed by atoms with E-state index in [2.05, 4.69) is 10.3 Å². The molecule has 1 amide bonds. The van der Waals surface area contributed by atoms with Gasteiger partial charge in [0.25, 0.3) is 0 Å². The number of imidazole rings is 1. The summed E-state index contributed by atoms with van der Waals surface area (Å²) < 4.78 is 39.8. The Morgan fingerprint density at radius 3 is 2.80 bits per heavy atom. The minimum atomic E-state index is -4.41. The van der Waals surface area contributed by atoms with Crippen LogP contribution in [-0.4, -0.2) is 15.3 Å². The maximum absolute atomic E-state index is 12.7. The van der Waals surface area contributed by atoms with Crippen molar-refractivity contribution in [2.24, 2.45) is 0 Å². The Labute approximate surface area is 141 Å². The molecule has 0 aliphatic heterocycles. The van der Waals surface area contributed by atoms with Crippen molar-refractivity contribution < 1.29 is 18.0 Å². The minimum absolute atomic E-state index is 0.230. The van der Waals surface area contributed by atoms with Crippen LogP contribution in [0.1, 0.15) is 16.8 Å². The van der Waals surface area contributed by atoms with E-state index >= 15 is 0 Å². The van der Waals surface area contributed by atoms with E-state index in [0.717, 1.165) is 17.8 Å². The van der Waals surface area contributed by atoms with Gasteiger partial charge in [0.1, 0.15) is 5.65 Å². The smallest absolute Gasteiger partial charge is 0.347 e. The number of rotatable bonds is 4. The molecule has 1 N–H and O–H groups in total. The summed E-state index contributed by atoms with van der Waals surface area (Å²) >= 11 is 0. The van der Waals surface area contributed by atoms with E-state index < -0.39 is 17.6 Å². The highest BCUT2D eigenvalue weighted by molar-refractivity contribution is 5.91. The van der Waals surface area contributed by atoms with Gasteiger partial charge in [-0.1, -0.05) is 18.2 Å². The normalized spacial score (nSPS) is 12.0. The molecule has 25 heavy (non-hydrogen) atoms. The highest BCUT2D eigenvalue weighted by atomic mass is 19.4. The van der Waals surface area contributed by atoms with Gasteiger partial charge >= 0.3 is 6.18 Å². The number of fused-ring (bicyclic) bond motifs is 1. The van der Waals surface area contributed by atoms with Gasteiger partial charge in [-0.15, -0.1) is 0 Å². The first-order chi connectivity index (χ1) is 11.9. The van der Waals surface area contributed by atoms with Crippen molar-refractivity contribution in [3.05, 3.63) is 77.8 Å². The Balaban J connectivity index is 1.61. The largest absolute Gasteiger partial charge is 0.416 e. The number of pyridine rings is 1. The van der Waals surface area contributed by atoms with Gasteiger partial charge < -0.3 is 9.72 Å². The highest BCUT2D eigenvalue weighted by Gasteiger charge is 2.30. The van der Waals surface area contributed by atoms with E-state index in [-0.39, 0.29) is 6.54 Å². The lowest BCUT2D eigenvalue weighted by Gasteiger charge is -2.06.